The molecule has 1 aliphatic carbocycles. The van der Waals surface area contributed by atoms with Crippen LogP contribution in [0.2, 0.25) is 0 Å². The summed E-state index contributed by atoms with van der Waals surface area (Å²) in [6, 6.07) is -0.0205. The topological polar surface area (TPSA) is 88.0 Å². The van der Waals surface area contributed by atoms with Crippen molar-refractivity contribution >= 4 is 22.9 Å². The Labute approximate surface area is 135 Å². The highest BCUT2D eigenvalue weighted by Crippen LogP contribution is 2.26. The number of hydrogen-bond donors (Lipinski definition) is 2. The van der Waals surface area contributed by atoms with Gasteiger partial charge in [-0.1, -0.05) is 6.42 Å². The Morgan fingerprint density at radius 1 is 1.39 bits per heavy atom. The Balaban J connectivity index is 1.44. The molecule has 2 amide bonds. The van der Waals surface area contributed by atoms with E-state index in [-0.39, 0.29) is 6.03 Å². The molecule has 0 saturated heterocycles. The summed E-state index contributed by atoms with van der Waals surface area (Å²) < 4.78 is 1.71. The van der Waals surface area contributed by atoms with Crippen LogP contribution in [0.5, 0.6) is 0 Å². The second kappa shape index (κ2) is 6.80. The molecular formula is C15H23N7O. The molecule has 2 N–H and O–H groups in total. The van der Waals surface area contributed by atoms with Gasteiger partial charge >= 0.3 is 6.03 Å². The molecule has 1 fully saturated rings. The van der Waals surface area contributed by atoms with Crippen LogP contribution in [0, 0.1) is 5.92 Å². The van der Waals surface area contributed by atoms with Crippen molar-refractivity contribution in [2.45, 2.75) is 19.3 Å². The van der Waals surface area contributed by atoms with E-state index in [4.69, 9.17) is 0 Å². The van der Waals surface area contributed by atoms with Crippen LogP contribution in [-0.4, -0.2) is 57.4 Å². The standard InChI is InChI=1S/C15H23N7O/c1-21(9-11-4-3-5-11)15(23)17-7-6-16-13-12-8-20-22(2)14(12)19-10-18-13/h8,10-11H,3-7,9H2,1-2H3,(H,17,23)(H,16,18,19). The van der Waals surface area contributed by atoms with E-state index in [0.29, 0.717) is 19.0 Å². The molecule has 8 nitrogen and oxygen atoms in total. The lowest BCUT2D eigenvalue weighted by atomic mass is 9.85. The Hall–Kier alpha value is -2.38. The number of nitrogens with zero attached hydrogens (tertiary/aromatic N) is 5. The summed E-state index contributed by atoms with van der Waals surface area (Å²) >= 11 is 0. The predicted molar refractivity (Wildman–Crippen MR) is 88.2 cm³/mol. The fraction of sp³-hybridized carbons (Fsp3) is 0.600. The van der Waals surface area contributed by atoms with Gasteiger partial charge in [0.25, 0.3) is 0 Å². The molecule has 0 radical (unpaired) electrons. The number of fused-ring (bicyclic) bond motifs is 1. The number of aryl methyl sites for hydroxylation is 1. The second-order valence-corrected chi connectivity index (χ2v) is 6.06. The summed E-state index contributed by atoms with van der Waals surface area (Å²) in [5, 5.41) is 11.2. The van der Waals surface area contributed by atoms with Crippen molar-refractivity contribution in [3.05, 3.63) is 12.5 Å². The molecule has 2 aromatic heterocycles. The zero-order chi connectivity index (χ0) is 16.2. The van der Waals surface area contributed by atoms with E-state index in [1.54, 1.807) is 15.8 Å². The number of anilines is 1. The maximum atomic E-state index is 12.0. The zero-order valence-corrected chi connectivity index (χ0v) is 13.6. The molecule has 2 heterocycles. The van der Waals surface area contributed by atoms with Crippen molar-refractivity contribution in [1.29, 1.82) is 0 Å². The molecule has 0 unspecified atom stereocenters. The van der Waals surface area contributed by atoms with Gasteiger partial charge in [0.2, 0.25) is 0 Å². The van der Waals surface area contributed by atoms with E-state index in [2.05, 4.69) is 25.7 Å². The summed E-state index contributed by atoms with van der Waals surface area (Å²) in [5.41, 5.74) is 0.784. The molecule has 0 aromatic carbocycles. The highest BCUT2D eigenvalue weighted by Gasteiger charge is 2.21. The maximum absolute atomic E-state index is 12.0. The minimum atomic E-state index is -0.0205. The number of amides is 2. The van der Waals surface area contributed by atoms with Crippen LogP contribution in [0.3, 0.4) is 0 Å². The first-order valence-electron chi connectivity index (χ1n) is 8.00. The summed E-state index contributed by atoms with van der Waals surface area (Å²) in [7, 11) is 3.70. The van der Waals surface area contributed by atoms with Gasteiger partial charge in [-0.25, -0.2) is 14.8 Å². The van der Waals surface area contributed by atoms with Gasteiger partial charge in [0.05, 0.1) is 11.6 Å². The van der Waals surface area contributed by atoms with Crippen molar-refractivity contribution in [2.75, 3.05) is 32.0 Å². The predicted octanol–water partition coefficient (Wildman–Crippen LogP) is 1.22. The molecule has 0 bridgehead atoms. The molecular weight excluding hydrogens is 294 g/mol. The molecule has 2 aromatic rings. The molecule has 3 rings (SSSR count). The molecule has 23 heavy (non-hydrogen) atoms. The highest BCUT2D eigenvalue weighted by molar-refractivity contribution is 5.85. The Morgan fingerprint density at radius 2 is 2.22 bits per heavy atom. The summed E-state index contributed by atoms with van der Waals surface area (Å²) in [4.78, 5) is 22.2. The Bertz CT molecular complexity index is 680. The summed E-state index contributed by atoms with van der Waals surface area (Å²) in [5.74, 6) is 1.42. The van der Waals surface area contributed by atoms with Gasteiger partial charge in [-0.15, -0.1) is 0 Å². The Morgan fingerprint density at radius 3 is 2.96 bits per heavy atom. The van der Waals surface area contributed by atoms with Gasteiger partial charge in [0.15, 0.2) is 5.65 Å². The fourth-order valence-electron chi connectivity index (χ4n) is 2.73. The maximum Gasteiger partial charge on any atom is 0.317 e. The van der Waals surface area contributed by atoms with Crippen LogP contribution in [0.4, 0.5) is 10.6 Å². The zero-order valence-electron chi connectivity index (χ0n) is 13.6. The number of urea groups is 1. The lowest BCUT2D eigenvalue weighted by Gasteiger charge is -2.30. The first-order valence-corrected chi connectivity index (χ1v) is 8.00. The Kier molecular flexibility index (Phi) is 4.59. The van der Waals surface area contributed by atoms with Gasteiger partial charge in [-0.05, 0) is 18.8 Å². The van der Waals surface area contributed by atoms with Crippen LogP contribution >= 0.6 is 0 Å². The summed E-state index contributed by atoms with van der Waals surface area (Å²) in [6.45, 7) is 1.99. The van der Waals surface area contributed by atoms with Crippen LogP contribution in [0.25, 0.3) is 11.0 Å². The van der Waals surface area contributed by atoms with Crippen molar-refractivity contribution in [3.63, 3.8) is 0 Å². The number of rotatable bonds is 6. The molecule has 8 heteroatoms. The lowest BCUT2D eigenvalue weighted by Crippen LogP contribution is -2.42. The first kappa shape index (κ1) is 15.5. The number of aromatic nitrogens is 4. The number of nitrogens with one attached hydrogen (secondary N) is 2. The fourth-order valence-corrected chi connectivity index (χ4v) is 2.73. The third-order valence-corrected chi connectivity index (χ3v) is 4.33. The molecule has 0 atom stereocenters. The molecule has 1 aliphatic rings. The van der Waals surface area contributed by atoms with E-state index >= 15 is 0 Å². The van der Waals surface area contributed by atoms with Crippen LogP contribution in [0.1, 0.15) is 19.3 Å². The third-order valence-electron chi connectivity index (χ3n) is 4.33. The average Bonchev–Trinajstić information content (AvgIpc) is 2.89. The smallest absolute Gasteiger partial charge is 0.317 e. The molecule has 124 valence electrons. The van der Waals surface area contributed by atoms with Gasteiger partial charge in [0, 0.05) is 33.7 Å². The number of carbonyl (C=O) groups excluding carboxylic acids is 1. The number of hydrogen-bond acceptors (Lipinski definition) is 5. The number of carbonyl (C=O) groups is 1. The molecule has 0 aliphatic heterocycles. The summed E-state index contributed by atoms with van der Waals surface area (Å²) in [6.07, 6.45) is 7.04. The normalized spacial score (nSPS) is 14.5. The quantitative estimate of drug-likeness (QED) is 0.782. The minimum Gasteiger partial charge on any atom is -0.368 e. The largest absolute Gasteiger partial charge is 0.368 e. The second-order valence-electron chi connectivity index (χ2n) is 6.06. The van der Waals surface area contributed by atoms with E-state index in [9.17, 15) is 4.79 Å². The molecule has 0 spiro atoms. The van der Waals surface area contributed by atoms with Crippen molar-refractivity contribution in [3.8, 4) is 0 Å². The van der Waals surface area contributed by atoms with Crippen LogP contribution < -0.4 is 10.6 Å². The van der Waals surface area contributed by atoms with Gasteiger partial charge in [-0.3, -0.25) is 4.68 Å². The van der Waals surface area contributed by atoms with Crippen molar-refractivity contribution in [2.24, 2.45) is 13.0 Å². The first-order chi connectivity index (χ1) is 11.1. The van der Waals surface area contributed by atoms with Gasteiger partial charge in [0.1, 0.15) is 12.1 Å². The van der Waals surface area contributed by atoms with E-state index in [1.807, 2.05) is 14.1 Å². The van der Waals surface area contributed by atoms with Crippen molar-refractivity contribution < 1.29 is 4.79 Å². The van der Waals surface area contributed by atoms with E-state index < -0.39 is 0 Å². The average molecular weight is 317 g/mol. The van der Waals surface area contributed by atoms with E-state index in [0.717, 1.165) is 23.4 Å². The third kappa shape index (κ3) is 3.52. The van der Waals surface area contributed by atoms with Crippen LogP contribution in [-0.2, 0) is 7.05 Å². The minimum absolute atomic E-state index is 0.0205. The lowest BCUT2D eigenvalue weighted by molar-refractivity contribution is 0.183. The van der Waals surface area contributed by atoms with E-state index in [1.165, 1.54) is 25.6 Å². The van der Waals surface area contributed by atoms with Crippen molar-refractivity contribution in [1.82, 2.24) is 30.0 Å². The van der Waals surface area contributed by atoms with Crippen LogP contribution in [0.15, 0.2) is 12.5 Å². The van der Waals surface area contributed by atoms with Gasteiger partial charge < -0.3 is 15.5 Å². The molecule has 1 saturated carbocycles. The van der Waals surface area contributed by atoms with Gasteiger partial charge in [-0.2, -0.15) is 5.10 Å². The monoisotopic (exact) mass is 317 g/mol. The highest BCUT2D eigenvalue weighted by atomic mass is 16.2. The SMILES string of the molecule is CN(CC1CCC1)C(=O)NCCNc1ncnc2c1cnn2C.